The van der Waals surface area contributed by atoms with E-state index in [9.17, 15) is 17.6 Å². The monoisotopic (exact) mass is 189 g/mol. The largest absolute Gasteiger partial charge is 0.419 e. The van der Waals surface area contributed by atoms with Crippen LogP contribution in [0.3, 0.4) is 0 Å². The second-order valence-electron chi connectivity index (χ2n) is 2.30. The molecule has 0 saturated carbocycles. The number of alkyl halides is 3. The molecule has 0 heterocycles. The van der Waals surface area contributed by atoms with E-state index in [1.807, 2.05) is 0 Å². The molecule has 1 rings (SSSR count). The molecule has 0 spiro atoms. The van der Waals surface area contributed by atoms with Gasteiger partial charge in [0.1, 0.15) is 5.82 Å². The third kappa shape index (κ3) is 1.96. The van der Waals surface area contributed by atoms with Crippen LogP contribution in [-0.2, 0) is 6.18 Å². The first kappa shape index (κ1) is 9.52. The molecule has 0 N–H and O–H groups in total. The average Bonchev–Trinajstić information content (AvgIpc) is 2.01. The van der Waals surface area contributed by atoms with Gasteiger partial charge in [-0.1, -0.05) is 0 Å². The summed E-state index contributed by atoms with van der Waals surface area (Å²) in [6.45, 7) is 0. The average molecular weight is 189 g/mol. The first-order chi connectivity index (χ1) is 5.95. The van der Waals surface area contributed by atoms with Crippen molar-refractivity contribution < 1.29 is 17.6 Å². The summed E-state index contributed by atoms with van der Waals surface area (Å²) in [6, 6.07) is 3.57. The topological polar surface area (TPSA) is 23.8 Å². The van der Waals surface area contributed by atoms with Gasteiger partial charge in [-0.2, -0.15) is 18.4 Å². The van der Waals surface area contributed by atoms with Crippen LogP contribution in [0.15, 0.2) is 18.2 Å². The maximum absolute atomic E-state index is 12.7. The van der Waals surface area contributed by atoms with Gasteiger partial charge in [0, 0.05) is 0 Å². The van der Waals surface area contributed by atoms with E-state index in [4.69, 9.17) is 5.26 Å². The highest BCUT2D eigenvalue weighted by molar-refractivity contribution is 5.33. The molecule has 5 heteroatoms. The quantitative estimate of drug-likeness (QED) is 0.575. The number of nitriles is 1. The van der Waals surface area contributed by atoms with E-state index < -0.39 is 17.6 Å². The molecule has 68 valence electrons. The number of nitrogens with zero attached hydrogens (tertiary/aromatic N) is 1. The van der Waals surface area contributed by atoms with Crippen molar-refractivity contribution in [3.8, 4) is 6.07 Å². The summed E-state index contributed by atoms with van der Waals surface area (Å²) in [5, 5.41) is 8.26. The van der Waals surface area contributed by atoms with Crippen molar-refractivity contribution in [2.45, 2.75) is 6.18 Å². The van der Waals surface area contributed by atoms with Gasteiger partial charge < -0.3 is 0 Å². The lowest BCUT2D eigenvalue weighted by Crippen LogP contribution is -2.07. The van der Waals surface area contributed by atoms with Gasteiger partial charge in [0.25, 0.3) is 0 Å². The van der Waals surface area contributed by atoms with Crippen molar-refractivity contribution in [3.63, 3.8) is 0 Å². The minimum atomic E-state index is -4.71. The Balaban J connectivity index is 3.23. The van der Waals surface area contributed by atoms with Gasteiger partial charge in [-0.3, -0.25) is 0 Å². The van der Waals surface area contributed by atoms with Crippen LogP contribution in [0.5, 0.6) is 0 Å². The van der Waals surface area contributed by atoms with Crippen molar-refractivity contribution in [2.75, 3.05) is 0 Å². The fourth-order valence-corrected chi connectivity index (χ4v) is 0.815. The third-order valence-corrected chi connectivity index (χ3v) is 1.40. The Morgan fingerprint density at radius 3 is 2.23 bits per heavy atom. The van der Waals surface area contributed by atoms with Crippen LogP contribution in [0.25, 0.3) is 0 Å². The van der Waals surface area contributed by atoms with E-state index in [0.29, 0.717) is 12.1 Å². The van der Waals surface area contributed by atoms with Crippen LogP contribution >= 0.6 is 0 Å². The molecular weight excluding hydrogens is 186 g/mol. The molecule has 0 aliphatic carbocycles. The van der Waals surface area contributed by atoms with Crippen LogP contribution < -0.4 is 0 Å². The molecule has 1 nitrogen and oxygen atoms in total. The Morgan fingerprint density at radius 2 is 1.85 bits per heavy atom. The Kier molecular flexibility index (Phi) is 2.24. The van der Waals surface area contributed by atoms with Gasteiger partial charge in [-0.15, -0.1) is 0 Å². The molecule has 0 unspecified atom stereocenters. The van der Waals surface area contributed by atoms with E-state index in [2.05, 4.69) is 0 Å². The summed E-state index contributed by atoms with van der Waals surface area (Å²) in [4.78, 5) is 0. The van der Waals surface area contributed by atoms with Crippen LogP contribution in [0, 0.1) is 17.1 Å². The molecule has 13 heavy (non-hydrogen) atoms. The highest BCUT2D eigenvalue weighted by atomic mass is 19.4. The molecule has 0 bridgehead atoms. The molecule has 0 amide bonds. The lowest BCUT2D eigenvalue weighted by Gasteiger charge is -2.06. The molecule has 0 fully saturated rings. The van der Waals surface area contributed by atoms with E-state index in [0.717, 1.165) is 6.07 Å². The minimum Gasteiger partial charge on any atom is -0.206 e. The minimum absolute atomic E-state index is 0.134. The summed E-state index contributed by atoms with van der Waals surface area (Å²) < 4.78 is 48.5. The number of rotatable bonds is 0. The number of hydrogen-bond acceptors (Lipinski definition) is 1. The Bertz CT molecular complexity index is 361. The van der Waals surface area contributed by atoms with Crippen LogP contribution in [0.4, 0.5) is 17.6 Å². The molecule has 1 aromatic rings. The molecule has 0 aliphatic heterocycles. The van der Waals surface area contributed by atoms with E-state index in [1.54, 1.807) is 0 Å². The maximum Gasteiger partial charge on any atom is 0.419 e. The molecular formula is C8H3F4N. The smallest absolute Gasteiger partial charge is 0.206 e. The molecule has 1 aromatic carbocycles. The van der Waals surface area contributed by atoms with Gasteiger partial charge in [-0.05, 0) is 18.2 Å². The van der Waals surface area contributed by atoms with E-state index in [-0.39, 0.29) is 5.56 Å². The van der Waals surface area contributed by atoms with Crippen molar-refractivity contribution in [2.24, 2.45) is 0 Å². The van der Waals surface area contributed by atoms with Crippen molar-refractivity contribution in [1.82, 2.24) is 0 Å². The first-order valence-electron chi connectivity index (χ1n) is 3.22. The normalized spacial score (nSPS) is 11.0. The van der Waals surface area contributed by atoms with Gasteiger partial charge in [0.15, 0.2) is 0 Å². The highest BCUT2D eigenvalue weighted by Crippen LogP contribution is 2.31. The van der Waals surface area contributed by atoms with Gasteiger partial charge in [-0.25, -0.2) is 4.39 Å². The summed E-state index contributed by atoms with van der Waals surface area (Å²) in [7, 11) is 0. The van der Waals surface area contributed by atoms with Crippen LogP contribution in [0.1, 0.15) is 11.1 Å². The Morgan fingerprint density at radius 1 is 1.23 bits per heavy atom. The Hall–Kier alpha value is -1.57. The second-order valence-corrected chi connectivity index (χ2v) is 2.30. The summed E-state index contributed by atoms with van der Waals surface area (Å²) in [5.74, 6) is -1.42. The molecule has 0 aromatic heterocycles. The Labute approximate surface area is 71.2 Å². The van der Waals surface area contributed by atoms with Crippen molar-refractivity contribution >= 4 is 0 Å². The molecule has 0 radical (unpaired) electrons. The van der Waals surface area contributed by atoms with Crippen molar-refractivity contribution in [1.29, 1.82) is 5.26 Å². The molecule has 0 aliphatic rings. The zero-order chi connectivity index (χ0) is 10.1. The van der Waals surface area contributed by atoms with Crippen LogP contribution in [-0.4, -0.2) is 0 Å². The number of benzene rings is 1. The third-order valence-electron chi connectivity index (χ3n) is 1.40. The zero-order valence-electron chi connectivity index (χ0n) is 6.19. The van der Waals surface area contributed by atoms with E-state index >= 15 is 0 Å². The molecule has 0 atom stereocenters. The fraction of sp³-hybridized carbons (Fsp3) is 0.125. The predicted octanol–water partition coefficient (Wildman–Crippen LogP) is 2.72. The second kappa shape index (κ2) is 3.05. The summed E-state index contributed by atoms with van der Waals surface area (Å²) >= 11 is 0. The lowest BCUT2D eigenvalue weighted by atomic mass is 10.1. The standard InChI is InChI=1S/C8H3F4N/c9-7-3-5(4-13)1-2-6(7)8(10,11)12/h1-3H. The molecule has 0 saturated heterocycles. The fourth-order valence-electron chi connectivity index (χ4n) is 0.815. The van der Waals surface area contributed by atoms with Gasteiger partial charge in [0.05, 0.1) is 17.2 Å². The maximum atomic E-state index is 12.7. The SMILES string of the molecule is N#Cc1ccc(C(F)(F)F)c(F)c1. The highest BCUT2D eigenvalue weighted by Gasteiger charge is 2.33. The summed E-state index contributed by atoms with van der Waals surface area (Å²) in [6.07, 6.45) is -4.71. The van der Waals surface area contributed by atoms with Crippen LogP contribution in [0.2, 0.25) is 0 Å². The predicted molar refractivity (Wildman–Crippen MR) is 36.1 cm³/mol. The number of hydrogen-bond donors (Lipinski definition) is 0. The van der Waals surface area contributed by atoms with E-state index in [1.165, 1.54) is 6.07 Å². The summed E-state index contributed by atoms with van der Waals surface area (Å²) in [5.41, 5.74) is -1.49. The van der Waals surface area contributed by atoms with Gasteiger partial charge >= 0.3 is 6.18 Å². The zero-order valence-corrected chi connectivity index (χ0v) is 6.19. The first-order valence-corrected chi connectivity index (χ1v) is 3.22. The van der Waals surface area contributed by atoms with Gasteiger partial charge in [0.2, 0.25) is 0 Å². The number of halogens is 4. The van der Waals surface area contributed by atoms with Crippen molar-refractivity contribution in [3.05, 3.63) is 35.1 Å². The lowest BCUT2D eigenvalue weighted by molar-refractivity contribution is -0.140.